The van der Waals surface area contributed by atoms with Crippen LogP contribution in [-0.4, -0.2) is 58.9 Å². The van der Waals surface area contributed by atoms with Gasteiger partial charge in [-0.15, -0.1) is 0 Å². The number of anilines is 2. The van der Waals surface area contributed by atoms with E-state index in [0.717, 1.165) is 75.2 Å². The van der Waals surface area contributed by atoms with Gasteiger partial charge in [0.25, 0.3) is 5.56 Å². The van der Waals surface area contributed by atoms with Gasteiger partial charge in [-0.05, 0) is 25.0 Å². The summed E-state index contributed by atoms with van der Waals surface area (Å²) >= 11 is 0. The molecular formula is C22H26N6O2. The van der Waals surface area contributed by atoms with E-state index in [2.05, 4.69) is 25.8 Å². The van der Waals surface area contributed by atoms with Crippen LogP contribution >= 0.6 is 0 Å². The highest BCUT2D eigenvalue weighted by Crippen LogP contribution is 2.27. The number of para-hydroxylation sites is 1. The zero-order valence-electron chi connectivity index (χ0n) is 17.2. The predicted octanol–water partition coefficient (Wildman–Crippen LogP) is 1.94. The van der Waals surface area contributed by atoms with Gasteiger partial charge in [-0.3, -0.25) is 9.36 Å². The Morgan fingerprint density at radius 3 is 2.53 bits per heavy atom. The lowest BCUT2D eigenvalue weighted by molar-refractivity contribution is 0.0845. The van der Waals surface area contributed by atoms with Crippen LogP contribution in [0.15, 0.2) is 41.5 Å². The maximum Gasteiger partial charge on any atom is 0.262 e. The standard InChI is InChI=1S/C22H26N6O2/c1-26-21(29)17-4-2-3-5-18(17)25-22(26)28-10-8-27(9-11-28)20-14-19(23-15-24-20)16-6-12-30-13-7-16/h2-5,14-16H,6-13H2,1H3. The van der Waals surface area contributed by atoms with Crippen molar-refractivity contribution in [2.24, 2.45) is 7.05 Å². The number of nitrogens with zero attached hydrogens (tertiary/aromatic N) is 6. The Hall–Kier alpha value is -3.00. The van der Waals surface area contributed by atoms with Crippen molar-refractivity contribution in [1.82, 2.24) is 19.5 Å². The molecule has 3 aromatic rings. The van der Waals surface area contributed by atoms with Gasteiger partial charge in [0.2, 0.25) is 5.95 Å². The number of ether oxygens (including phenoxy) is 1. The van der Waals surface area contributed by atoms with Gasteiger partial charge in [-0.2, -0.15) is 0 Å². The first-order valence-corrected chi connectivity index (χ1v) is 10.6. The van der Waals surface area contributed by atoms with E-state index >= 15 is 0 Å². The van der Waals surface area contributed by atoms with Crippen LogP contribution in [0.1, 0.15) is 24.5 Å². The van der Waals surface area contributed by atoms with Crippen molar-refractivity contribution in [2.75, 3.05) is 49.2 Å². The third-order valence-electron chi connectivity index (χ3n) is 6.16. The van der Waals surface area contributed by atoms with Crippen LogP contribution in [0.4, 0.5) is 11.8 Å². The second-order valence-electron chi connectivity index (χ2n) is 7.95. The summed E-state index contributed by atoms with van der Waals surface area (Å²) in [5.74, 6) is 2.16. The Bertz CT molecular complexity index is 1100. The van der Waals surface area contributed by atoms with Crippen molar-refractivity contribution < 1.29 is 4.74 Å². The van der Waals surface area contributed by atoms with Crippen LogP contribution in [0.5, 0.6) is 0 Å². The molecule has 0 N–H and O–H groups in total. The summed E-state index contributed by atoms with van der Waals surface area (Å²) in [6, 6.07) is 9.66. The molecule has 0 unspecified atom stereocenters. The summed E-state index contributed by atoms with van der Waals surface area (Å²) < 4.78 is 7.14. The van der Waals surface area contributed by atoms with E-state index in [-0.39, 0.29) is 5.56 Å². The smallest absolute Gasteiger partial charge is 0.262 e. The van der Waals surface area contributed by atoms with Gasteiger partial charge in [-0.25, -0.2) is 15.0 Å². The molecule has 0 aliphatic carbocycles. The Morgan fingerprint density at radius 2 is 1.73 bits per heavy atom. The quantitative estimate of drug-likeness (QED) is 0.658. The lowest BCUT2D eigenvalue weighted by Crippen LogP contribution is -2.48. The van der Waals surface area contributed by atoms with E-state index in [4.69, 9.17) is 9.72 Å². The van der Waals surface area contributed by atoms with E-state index in [1.807, 2.05) is 24.3 Å². The average molecular weight is 406 g/mol. The minimum Gasteiger partial charge on any atom is -0.381 e. The first-order valence-electron chi connectivity index (χ1n) is 10.6. The predicted molar refractivity (Wildman–Crippen MR) is 116 cm³/mol. The van der Waals surface area contributed by atoms with Gasteiger partial charge < -0.3 is 14.5 Å². The minimum absolute atomic E-state index is 0.00469. The van der Waals surface area contributed by atoms with Crippen LogP contribution in [0.2, 0.25) is 0 Å². The van der Waals surface area contributed by atoms with Gasteiger partial charge in [0.15, 0.2) is 0 Å². The second-order valence-corrected chi connectivity index (χ2v) is 7.95. The summed E-state index contributed by atoms with van der Waals surface area (Å²) in [5.41, 5.74) is 1.86. The molecule has 5 rings (SSSR count). The molecule has 0 amide bonds. The molecule has 0 saturated carbocycles. The zero-order valence-corrected chi connectivity index (χ0v) is 17.2. The fourth-order valence-electron chi connectivity index (χ4n) is 4.38. The lowest BCUT2D eigenvalue weighted by Gasteiger charge is -2.36. The van der Waals surface area contributed by atoms with Gasteiger partial charge in [-0.1, -0.05) is 12.1 Å². The average Bonchev–Trinajstić information content (AvgIpc) is 2.82. The van der Waals surface area contributed by atoms with E-state index < -0.39 is 0 Å². The normalized spacial score (nSPS) is 18.2. The van der Waals surface area contributed by atoms with Crippen molar-refractivity contribution in [3.63, 3.8) is 0 Å². The molecule has 156 valence electrons. The number of fused-ring (bicyclic) bond motifs is 1. The first kappa shape index (κ1) is 19.0. The molecule has 2 aliphatic rings. The molecule has 2 saturated heterocycles. The van der Waals surface area contributed by atoms with Crippen molar-refractivity contribution in [1.29, 1.82) is 0 Å². The molecule has 4 heterocycles. The van der Waals surface area contributed by atoms with E-state index in [9.17, 15) is 4.79 Å². The maximum atomic E-state index is 12.7. The van der Waals surface area contributed by atoms with E-state index in [0.29, 0.717) is 11.3 Å². The molecule has 2 fully saturated rings. The van der Waals surface area contributed by atoms with Gasteiger partial charge in [0.1, 0.15) is 12.1 Å². The molecule has 0 radical (unpaired) electrons. The third-order valence-corrected chi connectivity index (χ3v) is 6.16. The molecule has 30 heavy (non-hydrogen) atoms. The number of piperazine rings is 1. The van der Waals surface area contributed by atoms with E-state index in [1.54, 1.807) is 17.9 Å². The number of benzene rings is 1. The van der Waals surface area contributed by atoms with Crippen molar-refractivity contribution in [3.05, 3.63) is 52.7 Å². The van der Waals surface area contributed by atoms with Crippen LogP contribution in [0.25, 0.3) is 10.9 Å². The Kier molecular flexibility index (Phi) is 5.08. The first-order chi connectivity index (χ1) is 14.7. The largest absolute Gasteiger partial charge is 0.381 e. The number of hydrogen-bond acceptors (Lipinski definition) is 7. The van der Waals surface area contributed by atoms with E-state index in [1.165, 1.54) is 0 Å². The fourth-order valence-corrected chi connectivity index (χ4v) is 4.38. The molecule has 8 heteroatoms. The monoisotopic (exact) mass is 406 g/mol. The van der Waals surface area contributed by atoms with Crippen LogP contribution in [-0.2, 0) is 11.8 Å². The SMILES string of the molecule is Cn1c(N2CCN(c3cc(C4CCOCC4)ncn3)CC2)nc2ccccc2c1=O. The topological polar surface area (TPSA) is 76.4 Å². The zero-order chi connectivity index (χ0) is 20.5. The minimum atomic E-state index is -0.00469. The summed E-state index contributed by atoms with van der Waals surface area (Å²) in [7, 11) is 1.80. The lowest BCUT2D eigenvalue weighted by atomic mass is 9.96. The highest BCUT2D eigenvalue weighted by molar-refractivity contribution is 5.78. The molecule has 8 nitrogen and oxygen atoms in total. The Labute approximate surface area is 175 Å². The molecule has 0 atom stereocenters. The highest BCUT2D eigenvalue weighted by atomic mass is 16.5. The van der Waals surface area contributed by atoms with Gasteiger partial charge in [0, 0.05) is 64.1 Å². The highest BCUT2D eigenvalue weighted by Gasteiger charge is 2.23. The molecular weight excluding hydrogens is 380 g/mol. The Balaban J connectivity index is 1.33. The summed E-state index contributed by atoms with van der Waals surface area (Å²) in [6.45, 7) is 4.84. The van der Waals surface area contributed by atoms with Crippen molar-refractivity contribution in [2.45, 2.75) is 18.8 Å². The number of hydrogen-bond donors (Lipinski definition) is 0. The molecule has 0 spiro atoms. The van der Waals surface area contributed by atoms with Gasteiger partial charge >= 0.3 is 0 Å². The third kappa shape index (κ3) is 3.52. The summed E-state index contributed by atoms with van der Waals surface area (Å²) in [6.07, 6.45) is 3.72. The van der Waals surface area contributed by atoms with Crippen LogP contribution in [0, 0.1) is 0 Å². The fraction of sp³-hybridized carbons (Fsp3) is 0.455. The molecule has 0 bridgehead atoms. The van der Waals surface area contributed by atoms with Crippen LogP contribution in [0.3, 0.4) is 0 Å². The van der Waals surface area contributed by atoms with Crippen molar-refractivity contribution >= 4 is 22.7 Å². The summed E-state index contributed by atoms with van der Waals surface area (Å²) in [4.78, 5) is 31.0. The summed E-state index contributed by atoms with van der Waals surface area (Å²) in [5, 5.41) is 0.656. The number of rotatable bonds is 3. The number of aromatic nitrogens is 4. The molecule has 2 aliphatic heterocycles. The second kappa shape index (κ2) is 8.02. The molecule has 2 aromatic heterocycles. The maximum absolute atomic E-state index is 12.7. The molecule has 1 aromatic carbocycles. The van der Waals surface area contributed by atoms with Crippen molar-refractivity contribution in [3.8, 4) is 0 Å². The van der Waals surface area contributed by atoms with Crippen LogP contribution < -0.4 is 15.4 Å². The van der Waals surface area contributed by atoms with Gasteiger partial charge in [0.05, 0.1) is 10.9 Å². The Morgan fingerprint density at radius 1 is 1.00 bits per heavy atom.